The number of hydrogen-bond acceptors (Lipinski definition) is 2. The van der Waals surface area contributed by atoms with Gasteiger partial charge in [0.05, 0.1) is 5.69 Å². The maximum Gasteiger partial charge on any atom is 0.321 e. The number of anilines is 2. The second kappa shape index (κ2) is 3.84. The summed E-state index contributed by atoms with van der Waals surface area (Å²) in [6, 6.07) is 5.39. The highest BCUT2D eigenvalue weighted by Gasteiger charge is 2.20. The van der Waals surface area contributed by atoms with Crippen LogP contribution in [0.25, 0.3) is 0 Å². The van der Waals surface area contributed by atoms with Gasteiger partial charge < -0.3 is 10.6 Å². The highest BCUT2D eigenvalue weighted by atomic mass is 16.2. The number of fused-ring (bicyclic) bond motifs is 1. The van der Waals surface area contributed by atoms with Crippen molar-refractivity contribution >= 4 is 23.3 Å². The van der Waals surface area contributed by atoms with Crippen molar-refractivity contribution in [3.63, 3.8) is 0 Å². The molecule has 1 aromatic carbocycles. The molecule has 0 saturated carbocycles. The first-order valence-electron chi connectivity index (χ1n) is 5.00. The molecule has 2 rings (SSSR count). The minimum atomic E-state index is -0.132. The van der Waals surface area contributed by atoms with Crippen molar-refractivity contribution in [1.82, 2.24) is 5.32 Å². The number of urea groups is 1. The van der Waals surface area contributed by atoms with Crippen molar-refractivity contribution in [3.05, 3.63) is 23.8 Å². The summed E-state index contributed by atoms with van der Waals surface area (Å²) < 4.78 is 0. The SMILES string of the molecule is CC(=O)Nc1ccc2c(c1)N(C)C(=O)NC2. The number of nitrogens with one attached hydrogen (secondary N) is 2. The van der Waals surface area contributed by atoms with Gasteiger partial charge in [-0.15, -0.1) is 0 Å². The summed E-state index contributed by atoms with van der Waals surface area (Å²) in [5, 5.41) is 5.44. The van der Waals surface area contributed by atoms with Gasteiger partial charge in [-0.2, -0.15) is 0 Å². The van der Waals surface area contributed by atoms with Crippen LogP contribution in [0.2, 0.25) is 0 Å². The molecule has 16 heavy (non-hydrogen) atoms. The lowest BCUT2D eigenvalue weighted by atomic mass is 10.1. The minimum absolute atomic E-state index is 0.122. The average molecular weight is 219 g/mol. The monoisotopic (exact) mass is 219 g/mol. The highest BCUT2D eigenvalue weighted by Crippen LogP contribution is 2.26. The lowest BCUT2D eigenvalue weighted by Crippen LogP contribution is -2.41. The summed E-state index contributed by atoms with van der Waals surface area (Å²) in [5.74, 6) is -0.122. The second-order valence-electron chi connectivity index (χ2n) is 3.74. The van der Waals surface area contributed by atoms with Gasteiger partial charge >= 0.3 is 6.03 Å². The Labute approximate surface area is 93.4 Å². The number of rotatable bonds is 1. The molecule has 0 spiro atoms. The first-order chi connectivity index (χ1) is 7.58. The van der Waals surface area contributed by atoms with E-state index in [2.05, 4.69) is 10.6 Å². The van der Waals surface area contributed by atoms with Crippen LogP contribution >= 0.6 is 0 Å². The van der Waals surface area contributed by atoms with Gasteiger partial charge in [0.15, 0.2) is 0 Å². The minimum Gasteiger partial charge on any atom is -0.334 e. The van der Waals surface area contributed by atoms with Crippen molar-refractivity contribution in [2.24, 2.45) is 0 Å². The highest BCUT2D eigenvalue weighted by molar-refractivity contribution is 5.96. The van der Waals surface area contributed by atoms with Crippen molar-refractivity contribution in [2.75, 3.05) is 17.3 Å². The van der Waals surface area contributed by atoms with Crippen molar-refractivity contribution in [2.45, 2.75) is 13.5 Å². The van der Waals surface area contributed by atoms with E-state index >= 15 is 0 Å². The predicted molar refractivity (Wildman–Crippen MR) is 61.4 cm³/mol. The Morgan fingerprint density at radius 1 is 1.50 bits per heavy atom. The van der Waals surface area contributed by atoms with Crippen molar-refractivity contribution < 1.29 is 9.59 Å². The predicted octanol–water partition coefficient (Wildman–Crippen LogP) is 1.30. The Balaban J connectivity index is 2.36. The Bertz CT molecular complexity index is 457. The van der Waals surface area contributed by atoms with E-state index in [0.29, 0.717) is 12.2 Å². The smallest absolute Gasteiger partial charge is 0.321 e. The first-order valence-corrected chi connectivity index (χ1v) is 5.00. The fourth-order valence-electron chi connectivity index (χ4n) is 1.71. The van der Waals surface area contributed by atoms with E-state index in [1.54, 1.807) is 13.1 Å². The fraction of sp³-hybridized carbons (Fsp3) is 0.273. The maximum absolute atomic E-state index is 11.4. The zero-order valence-electron chi connectivity index (χ0n) is 9.20. The molecule has 2 N–H and O–H groups in total. The summed E-state index contributed by atoms with van der Waals surface area (Å²) in [4.78, 5) is 23.9. The van der Waals surface area contributed by atoms with Gasteiger partial charge in [0.1, 0.15) is 0 Å². The van der Waals surface area contributed by atoms with Gasteiger partial charge in [0, 0.05) is 26.2 Å². The Morgan fingerprint density at radius 3 is 2.94 bits per heavy atom. The van der Waals surface area contributed by atoms with E-state index in [0.717, 1.165) is 11.3 Å². The molecule has 0 bridgehead atoms. The number of carbonyl (C=O) groups excluding carboxylic acids is 2. The normalized spacial score (nSPS) is 14.1. The molecule has 1 heterocycles. The fourth-order valence-corrected chi connectivity index (χ4v) is 1.71. The van der Waals surface area contributed by atoms with E-state index in [-0.39, 0.29) is 11.9 Å². The molecule has 0 unspecified atom stereocenters. The number of benzene rings is 1. The summed E-state index contributed by atoms with van der Waals surface area (Å²) in [5.41, 5.74) is 2.57. The molecular weight excluding hydrogens is 206 g/mol. The summed E-state index contributed by atoms with van der Waals surface area (Å²) in [7, 11) is 1.70. The second-order valence-corrected chi connectivity index (χ2v) is 3.74. The van der Waals surface area contributed by atoms with Gasteiger partial charge in [0.25, 0.3) is 0 Å². The molecule has 0 aromatic heterocycles. The summed E-state index contributed by atoms with van der Waals surface area (Å²) in [6.07, 6.45) is 0. The van der Waals surface area contributed by atoms with Crippen molar-refractivity contribution in [3.8, 4) is 0 Å². The van der Waals surface area contributed by atoms with Crippen LogP contribution in [0.3, 0.4) is 0 Å². The van der Waals surface area contributed by atoms with E-state index in [4.69, 9.17) is 0 Å². The van der Waals surface area contributed by atoms with E-state index < -0.39 is 0 Å². The molecule has 1 aliphatic heterocycles. The van der Waals surface area contributed by atoms with Crippen LogP contribution in [-0.2, 0) is 11.3 Å². The number of hydrogen-bond donors (Lipinski definition) is 2. The maximum atomic E-state index is 11.4. The van der Waals surface area contributed by atoms with Crippen LogP contribution < -0.4 is 15.5 Å². The molecule has 1 aliphatic rings. The van der Waals surface area contributed by atoms with Gasteiger partial charge in [-0.05, 0) is 17.7 Å². The molecule has 0 atom stereocenters. The van der Waals surface area contributed by atoms with Gasteiger partial charge in [-0.3, -0.25) is 9.69 Å². The zero-order valence-corrected chi connectivity index (χ0v) is 9.20. The van der Waals surface area contributed by atoms with E-state index in [9.17, 15) is 9.59 Å². The molecule has 0 aliphatic carbocycles. The molecule has 3 amide bonds. The summed E-state index contributed by atoms with van der Waals surface area (Å²) in [6.45, 7) is 1.98. The molecule has 1 aromatic rings. The van der Waals surface area contributed by atoms with Crippen LogP contribution in [0.1, 0.15) is 12.5 Å². The molecule has 84 valence electrons. The number of carbonyl (C=O) groups is 2. The lowest BCUT2D eigenvalue weighted by Gasteiger charge is -2.27. The quantitative estimate of drug-likeness (QED) is 0.748. The summed E-state index contributed by atoms with van der Waals surface area (Å²) >= 11 is 0. The third-order valence-corrected chi connectivity index (χ3v) is 2.50. The average Bonchev–Trinajstić information content (AvgIpc) is 2.23. The van der Waals surface area contributed by atoms with Crippen LogP contribution in [0.4, 0.5) is 16.2 Å². The van der Waals surface area contributed by atoms with Crippen LogP contribution in [0.15, 0.2) is 18.2 Å². The Morgan fingerprint density at radius 2 is 2.25 bits per heavy atom. The van der Waals surface area contributed by atoms with Gasteiger partial charge in [-0.1, -0.05) is 6.07 Å². The Kier molecular flexibility index (Phi) is 2.52. The molecule has 5 heteroatoms. The first kappa shape index (κ1) is 10.5. The van der Waals surface area contributed by atoms with Crippen LogP contribution in [0, 0.1) is 0 Å². The zero-order chi connectivity index (χ0) is 11.7. The van der Waals surface area contributed by atoms with Crippen LogP contribution in [0.5, 0.6) is 0 Å². The topological polar surface area (TPSA) is 61.4 Å². The van der Waals surface area contributed by atoms with E-state index in [1.807, 2.05) is 12.1 Å². The Hall–Kier alpha value is -2.04. The molecule has 0 fully saturated rings. The van der Waals surface area contributed by atoms with Gasteiger partial charge in [0.2, 0.25) is 5.91 Å². The van der Waals surface area contributed by atoms with Crippen LogP contribution in [-0.4, -0.2) is 19.0 Å². The molecule has 5 nitrogen and oxygen atoms in total. The largest absolute Gasteiger partial charge is 0.334 e. The van der Waals surface area contributed by atoms with Gasteiger partial charge in [-0.25, -0.2) is 4.79 Å². The molecule has 0 saturated heterocycles. The standard InChI is InChI=1S/C11H13N3O2/c1-7(15)13-9-4-3-8-6-12-11(16)14(2)10(8)5-9/h3-5H,6H2,1-2H3,(H,12,16)(H,13,15). The number of amides is 3. The molecule has 0 radical (unpaired) electrons. The third kappa shape index (κ3) is 1.84. The van der Waals surface area contributed by atoms with E-state index in [1.165, 1.54) is 11.8 Å². The molecular formula is C11H13N3O2. The lowest BCUT2D eigenvalue weighted by molar-refractivity contribution is -0.114. The number of nitrogens with zero attached hydrogens (tertiary/aromatic N) is 1. The third-order valence-electron chi connectivity index (χ3n) is 2.50. The van der Waals surface area contributed by atoms with Crippen molar-refractivity contribution in [1.29, 1.82) is 0 Å².